The van der Waals surface area contributed by atoms with E-state index in [4.69, 9.17) is 0 Å². The van der Waals surface area contributed by atoms with Crippen LogP contribution >= 0.6 is 0 Å². The fourth-order valence-electron chi connectivity index (χ4n) is 4.85. The molecule has 4 heteroatoms. The number of benzene rings is 2. The number of pyridine rings is 1. The first-order chi connectivity index (χ1) is 18.5. The summed E-state index contributed by atoms with van der Waals surface area (Å²) in [4.78, 5) is 13.8. The lowest BCUT2D eigenvalue weighted by atomic mass is 10.0. The lowest BCUT2D eigenvalue weighted by Crippen LogP contribution is -2.16. The molecule has 0 aliphatic rings. The molecule has 0 aliphatic heterocycles. The predicted molar refractivity (Wildman–Crippen MR) is 178 cm³/mol. The average Bonchev–Trinajstić information content (AvgIpc) is 2.88. The smallest absolute Gasteiger partial charge is 0.197 e. The molecular weight excluding hydrogens is 507 g/mol. The Balaban J connectivity index is 1.90. The third kappa shape index (κ3) is 9.86. The van der Waals surface area contributed by atoms with Crippen molar-refractivity contribution < 1.29 is 0 Å². The van der Waals surface area contributed by atoms with Gasteiger partial charge in [0.15, 0.2) is 5.43 Å². The summed E-state index contributed by atoms with van der Waals surface area (Å²) in [7, 11) is -3.01. The topological polar surface area (TPSA) is 22.0 Å². The van der Waals surface area contributed by atoms with Crippen molar-refractivity contribution >= 4 is 38.0 Å². The highest BCUT2D eigenvalue weighted by Gasteiger charge is 2.13. The second kappa shape index (κ2) is 14.2. The van der Waals surface area contributed by atoms with Crippen LogP contribution in [0.5, 0.6) is 0 Å². The van der Waals surface area contributed by atoms with Gasteiger partial charge in [0.25, 0.3) is 0 Å². The highest BCUT2D eigenvalue weighted by atomic mass is 28.3. The number of nitrogens with zero attached hydrogens (tertiary/aromatic N) is 1. The van der Waals surface area contributed by atoms with Crippen molar-refractivity contribution in [3.63, 3.8) is 0 Å². The molecule has 3 rings (SSSR count). The van der Waals surface area contributed by atoms with Crippen LogP contribution in [0.3, 0.4) is 0 Å². The molecule has 3 aromatic rings. The van der Waals surface area contributed by atoms with Crippen molar-refractivity contribution in [2.24, 2.45) is 0 Å². The minimum absolute atomic E-state index is 0.0904. The first-order valence-corrected chi connectivity index (χ1v) is 22.2. The number of aromatic nitrogens is 1. The molecule has 0 N–H and O–H groups in total. The predicted octanol–water partition coefficient (Wildman–Crippen LogP) is 9.53. The standard InChI is InChI=1S/C35H49NOSi2/c1-8-9-10-11-12-13-14-15-16-17-24-36-33-20-18-29(22-25-38(2,3)4)27-31(33)35(37)32-28-30(19-21-34(32)36)23-26-39(5,6)7/h18-21,27-28H,8-17,24H2,1-7H3. The summed E-state index contributed by atoms with van der Waals surface area (Å²) in [6, 6.07) is 12.4. The van der Waals surface area contributed by atoms with Crippen molar-refractivity contribution in [2.45, 2.75) is 117 Å². The summed E-state index contributed by atoms with van der Waals surface area (Å²) in [5, 5.41) is 1.54. The molecule has 0 fully saturated rings. The summed E-state index contributed by atoms with van der Waals surface area (Å²) in [5.41, 5.74) is 10.9. The summed E-state index contributed by atoms with van der Waals surface area (Å²) in [5.74, 6) is 6.71. The van der Waals surface area contributed by atoms with Gasteiger partial charge in [-0.2, -0.15) is 0 Å². The van der Waals surface area contributed by atoms with Crippen LogP contribution in [-0.2, 0) is 6.54 Å². The third-order valence-corrected chi connectivity index (χ3v) is 8.71. The van der Waals surface area contributed by atoms with E-state index < -0.39 is 16.1 Å². The molecule has 208 valence electrons. The highest BCUT2D eigenvalue weighted by Crippen LogP contribution is 2.23. The van der Waals surface area contributed by atoms with Gasteiger partial charge in [-0.25, -0.2) is 0 Å². The molecular formula is C35H49NOSi2. The van der Waals surface area contributed by atoms with E-state index in [1.165, 1.54) is 57.8 Å². The van der Waals surface area contributed by atoms with E-state index in [0.29, 0.717) is 0 Å². The van der Waals surface area contributed by atoms with Gasteiger partial charge < -0.3 is 4.57 Å². The Morgan fingerprint density at radius 3 is 1.44 bits per heavy atom. The van der Waals surface area contributed by atoms with Crippen molar-refractivity contribution in [2.75, 3.05) is 0 Å². The van der Waals surface area contributed by atoms with Crippen molar-refractivity contribution in [1.82, 2.24) is 4.57 Å². The van der Waals surface area contributed by atoms with Crippen LogP contribution in [-0.4, -0.2) is 20.7 Å². The maximum atomic E-state index is 13.8. The Hall–Kier alpha value is -2.54. The summed E-state index contributed by atoms with van der Waals surface area (Å²) >= 11 is 0. The third-order valence-electron chi connectivity index (χ3n) is 6.96. The molecule has 2 aromatic carbocycles. The second-order valence-corrected chi connectivity index (χ2v) is 22.6. The van der Waals surface area contributed by atoms with Gasteiger partial charge in [-0.1, -0.05) is 116 Å². The van der Waals surface area contributed by atoms with Gasteiger partial charge in [-0.05, 0) is 42.8 Å². The van der Waals surface area contributed by atoms with Crippen molar-refractivity contribution in [1.29, 1.82) is 0 Å². The molecule has 1 aromatic heterocycles. The summed E-state index contributed by atoms with van der Waals surface area (Å²) < 4.78 is 2.36. The molecule has 0 radical (unpaired) electrons. The normalized spacial score (nSPS) is 11.8. The maximum absolute atomic E-state index is 13.8. The quantitative estimate of drug-likeness (QED) is 0.0999. The minimum atomic E-state index is -1.50. The molecule has 0 saturated carbocycles. The van der Waals surface area contributed by atoms with E-state index in [2.05, 4.69) is 98.0 Å². The largest absolute Gasteiger partial charge is 0.340 e. The lowest BCUT2D eigenvalue weighted by Gasteiger charge is -2.16. The average molecular weight is 556 g/mol. The molecule has 0 atom stereocenters. The molecule has 0 amide bonds. The zero-order chi connectivity index (χ0) is 28.5. The van der Waals surface area contributed by atoms with Crippen LogP contribution in [0.4, 0.5) is 0 Å². The van der Waals surface area contributed by atoms with Crippen molar-refractivity contribution in [3.8, 4) is 22.9 Å². The van der Waals surface area contributed by atoms with Gasteiger partial charge >= 0.3 is 0 Å². The molecule has 1 heterocycles. The Labute approximate surface area is 239 Å². The van der Waals surface area contributed by atoms with Gasteiger partial charge in [-0.3, -0.25) is 4.79 Å². The first-order valence-electron chi connectivity index (χ1n) is 15.2. The molecule has 39 heavy (non-hydrogen) atoms. The fraction of sp³-hybridized carbons (Fsp3) is 0.514. The molecule has 0 saturated heterocycles. The molecule has 2 nitrogen and oxygen atoms in total. The molecule has 0 bridgehead atoms. The van der Waals surface area contributed by atoms with E-state index in [9.17, 15) is 4.79 Å². The molecule has 0 spiro atoms. The number of unbranched alkanes of at least 4 members (excludes halogenated alkanes) is 9. The van der Waals surface area contributed by atoms with E-state index in [-0.39, 0.29) is 5.43 Å². The van der Waals surface area contributed by atoms with E-state index >= 15 is 0 Å². The number of rotatable bonds is 11. The number of fused-ring (bicyclic) bond motifs is 2. The maximum Gasteiger partial charge on any atom is 0.197 e. The van der Waals surface area contributed by atoms with Crippen LogP contribution in [0.25, 0.3) is 21.8 Å². The van der Waals surface area contributed by atoms with Gasteiger partial charge in [0, 0.05) is 28.4 Å². The van der Waals surface area contributed by atoms with Crippen LogP contribution < -0.4 is 5.43 Å². The first kappa shape index (κ1) is 31.0. The summed E-state index contributed by atoms with van der Waals surface area (Å²) in [6.07, 6.45) is 13.2. The summed E-state index contributed by atoms with van der Waals surface area (Å²) in [6.45, 7) is 16.7. The van der Waals surface area contributed by atoms with Gasteiger partial charge in [0.1, 0.15) is 16.1 Å². The molecule has 0 aliphatic carbocycles. The highest BCUT2D eigenvalue weighted by molar-refractivity contribution is 6.84. The minimum Gasteiger partial charge on any atom is -0.340 e. The monoisotopic (exact) mass is 555 g/mol. The van der Waals surface area contributed by atoms with Crippen LogP contribution in [0.2, 0.25) is 39.3 Å². The Morgan fingerprint density at radius 1 is 0.615 bits per heavy atom. The number of aryl methyl sites for hydroxylation is 1. The van der Waals surface area contributed by atoms with E-state index in [1.807, 2.05) is 12.1 Å². The second-order valence-electron chi connectivity index (χ2n) is 13.1. The Bertz CT molecular complexity index is 1350. The zero-order valence-electron chi connectivity index (χ0n) is 25.6. The van der Waals surface area contributed by atoms with Gasteiger partial charge in [0.05, 0.1) is 11.0 Å². The Kier molecular flexibility index (Phi) is 11.3. The SMILES string of the molecule is CCCCCCCCCCCCn1c2ccc(C#C[Si](C)(C)C)cc2c(=O)c2cc(C#C[Si](C)(C)C)ccc21. The van der Waals surface area contributed by atoms with Crippen LogP contribution in [0.1, 0.15) is 82.3 Å². The number of hydrogen-bond donors (Lipinski definition) is 0. The molecule has 0 unspecified atom stereocenters. The van der Waals surface area contributed by atoms with Gasteiger partial charge in [-0.15, -0.1) is 11.1 Å². The van der Waals surface area contributed by atoms with Crippen LogP contribution in [0, 0.1) is 22.9 Å². The Morgan fingerprint density at radius 2 is 1.03 bits per heavy atom. The van der Waals surface area contributed by atoms with Crippen LogP contribution in [0.15, 0.2) is 41.2 Å². The van der Waals surface area contributed by atoms with E-state index in [0.717, 1.165) is 45.9 Å². The lowest BCUT2D eigenvalue weighted by molar-refractivity contribution is 0.541. The van der Waals surface area contributed by atoms with E-state index in [1.54, 1.807) is 0 Å². The van der Waals surface area contributed by atoms with Gasteiger partial charge in [0.2, 0.25) is 0 Å². The fourth-order valence-corrected chi connectivity index (χ4v) is 5.89. The number of hydrogen-bond acceptors (Lipinski definition) is 1. The zero-order valence-corrected chi connectivity index (χ0v) is 27.6. The van der Waals surface area contributed by atoms with Crippen molar-refractivity contribution in [3.05, 3.63) is 57.7 Å².